The first-order valence-electron chi connectivity index (χ1n) is 7.34. The van der Waals surface area contributed by atoms with Gasteiger partial charge in [0.05, 0.1) is 17.7 Å². The van der Waals surface area contributed by atoms with Crippen LogP contribution in [0.3, 0.4) is 0 Å². The van der Waals surface area contributed by atoms with Gasteiger partial charge in [-0.05, 0) is 53.9 Å². The summed E-state index contributed by atoms with van der Waals surface area (Å²) in [6, 6.07) is 7.17. The highest BCUT2D eigenvalue weighted by Gasteiger charge is 2.24. The molecule has 0 unspecified atom stereocenters. The molecule has 122 valence electrons. The lowest BCUT2D eigenvalue weighted by Gasteiger charge is -2.08. The molecule has 1 aromatic heterocycles. The number of rotatable bonds is 5. The van der Waals surface area contributed by atoms with E-state index in [1.54, 1.807) is 25.1 Å². The molecule has 1 N–H and O–H groups in total. The van der Waals surface area contributed by atoms with Crippen molar-refractivity contribution in [3.63, 3.8) is 0 Å². The fraction of sp³-hybridized carbons (Fsp3) is 0.294. The van der Waals surface area contributed by atoms with Crippen LogP contribution in [0.5, 0.6) is 0 Å². The maximum Gasteiger partial charge on any atom is 0.341 e. The van der Waals surface area contributed by atoms with Crippen molar-refractivity contribution < 1.29 is 14.3 Å². The molecule has 0 aliphatic heterocycles. The number of amides is 1. The van der Waals surface area contributed by atoms with Crippen molar-refractivity contribution in [1.82, 2.24) is 0 Å². The number of thiophene rings is 1. The second kappa shape index (κ2) is 7.75. The zero-order valence-corrected chi connectivity index (χ0v) is 15.6. The summed E-state index contributed by atoms with van der Waals surface area (Å²) in [5.41, 5.74) is 1.92. The second-order valence-electron chi connectivity index (χ2n) is 4.85. The van der Waals surface area contributed by atoms with Crippen LogP contribution in [0.1, 0.15) is 45.0 Å². The SMILES string of the molecule is CCOC(=O)c1c(NC(=O)c2ccccc2Br)sc(C)c1CC. The summed E-state index contributed by atoms with van der Waals surface area (Å²) >= 11 is 4.77. The minimum Gasteiger partial charge on any atom is -0.462 e. The fourth-order valence-corrected chi connectivity index (χ4v) is 3.92. The molecule has 0 aliphatic rings. The van der Waals surface area contributed by atoms with Crippen LogP contribution < -0.4 is 5.32 Å². The van der Waals surface area contributed by atoms with Crippen LogP contribution in [0.15, 0.2) is 28.7 Å². The molecular weight excluding hydrogens is 378 g/mol. The molecule has 23 heavy (non-hydrogen) atoms. The summed E-state index contributed by atoms with van der Waals surface area (Å²) in [5, 5.41) is 3.39. The number of carbonyl (C=O) groups is 2. The van der Waals surface area contributed by atoms with E-state index in [2.05, 4.69) is 21.2 Å². The Morgan fingerprint density at radius 2 is 1.96 bits per heavy atom. The van der Waals surface area contributed by atoms with Gasteiger partial charge in [-0.3, -0.25) is 4.79 Å². The number of hydrogen-bond acceptors (Lipinski definition) is 4. The number of anilines is 1. The first-order chi connectivity index (χ1) is 11.0. The highest BCUT2D eigenvalue weighted by atomic mass is 79.9. The van der Waals surface area contributed by atoms with E-state index in [0.29, 0.717) is 33.6 Å². The average molecular weight is 396 g/mol. The molecule has 0 radical (unpaired) electrons. The fourth-order valence-electron chi connectivity index (χ4n) is 2.33. The van der Waals surface area contributed by atoms with Gasteiger partial charge in [-0.2, -0.15) is 0 Å². The summed E-state index contributed by atoms with van der Waals surface area (Å²) in [4.78, 5) is 25.8. The number of ether oxygens (including phenoxy) is 1. The summed E-state index contributed by atoms with van der Waals surface area (Å²) in [6.07, 6.45) is 0.710. The van der Waals surface area contributed by atoms with E-state index in [-0.39, 0.29) is 5.91 Å². The Morgan fingerprint density at radius 3 is 2.57 bits per heavy atom. The van der Waals surface area contributed by atoms with Crippen LogP contribution in [0.4, 0.5) is 5.00 Å². The standard InChI is InChI=1S/C17H18BrNO3S/c1-4-11-10(3)23-16(14(11)17(21)22-5-2)19-15(20)12-8-6-7-9-13(12)18/h6-9H,4-5H2,1-3H3,(H,19,20). The van der Waals surface area contributed by atoms with Crippen LogP contribution in [-0.2, 0) is 11.2 Å². The maximum absolute atomic E-state index is 12.5. The topological polar surface area (TPSA) is 55.4 Å². The van der Waals surface area contributed by atoms with Crippen molar-refractivity contribution in [2.45, 2.75) is 27.2 Å². The molecule has 6 heteroatoms. The summed E-state index contributed by atoms with van der Waals surface area (Å²) in [7, 11) is 0. The van der Waals surface area contributed by atoms with Crippen molar-refractivity contribution in [3.05, 3.63) is 50.3 Å². The summed E-state index contributed by atoms with van der Waals surface area (Å²) in [5.74, 6) is -0.650. The highest BCUT2D eigenvalue weighted by Crippen LogP contribution is 2.34. The van der Waals surface area contributed by atoms with Crippen LogP contribution >= 0.6 is 27.3 Å². The molecule has 0 spiro atoms. The molecule has 2 rings (SSSR count). The molecule has 0 saturated carbocycles. The third-order valence-corrected chi connectivity index (χ3v) is 5.14. The molecule has 1 heterocycles. The lowest BCUT2D eigenvalue weighted by Crippen LogP contribution is -2.15. The smallest absolute Gasteiger partial charge is 0.341 e. The predicted octanol–water partition coefficient (Wildman–Crippen LogP) is 4.81. The van der Waals surface area contributed by atoms with Crippen LogP contribution in [-0.4, -0.2) is 18.5 Å². The number of hydrogen-bond donors (Lipinski definition) is 1. The Balaban J connectivity index is 2.38. The van der Waals surface area contributed by atoms with Crippen molar-refractivity contribution in [2.75, 3.05) is 11.9 Å². The van der Waals surface area contributed by atoms with Gasteiger partial charge in [0.2, 0.25) is 0 Å². The van der Waals surface area contributed by atoms with Gasteiger partial charge < -0.3 is 10.1 Å². The van der Waals surface area contributed by atoms with Gasteiger partial charge in [-0.25, -0.2) is 4.79 Å². The van der Waals surface area contributed by atoms with Gasteiger partial charge >= 0.3 is 5.97 Å². The molecule has 1 amide bonds. The Bertz CT molecular complexity index is 739. The number of halogens is 1. The molecular formula is C17H18BrNO3S. The van der Waals surface area contributed by atoms with Crippen molar-refractivity contribution >= 4 is 44.1 Å². The van der Waals surface area contributed by atoms with Gasteiger partial charge in [0, 0.05) is 9.35 Å². The molecule has 1 aromatic carbocycles. The van der Waals surface area contributed by atoms with Crippen molar-refractivity contribution in [1.29, 1.82) is 0 Å². The normalized spacial score (nSPS) is 10.4. The molecule has 0 aliphatic carbocycles. The third-order valence-electron chi connectivity index (χ3n) is 3.39. The third kappa shape index (κ3) is 3.82. The average Bonchev–Trinajstić information content (AvgIpc) is 2.83. The van der Waals surface area contributed by atoms with E-state index >= 15 is 0 Å². The zero-order chi connectivity index (χ0) is 17.0. The van der Waals surface area contributed by atoms with Crippen LogP contribution in [0.25, 0.3) is 0 Å². The second-order valence-corrected chi connectivity index (χ2v) is 6.93. The van der Waals surface area contributed by atoms with Crippen molar-refractivity contribution in [3.8, 4) is 0 Å². The largest absolute Gasteiger partial charge is 0.462 e. The first-order valence-corrected chi connectivity index (χ1v) is 8.95. The number of aryl methyl sites for hydroxylation is 1. The van der Waals surface area contributed by atoms with Crippen molar-refractivity contribution in [2.24, 2.45) is 0 Å². The quantitative estimate of drug-likeness (QED) is 0.738. The lowest BCUT2D eigenvalue weighted by molar-refractivity contribution is 0.0527. The molecule has 0 fully saturated rings. The highest BCUT2D eigenvalue weighted by molar-refractivity contribution is 9.10. The molecule has 0 bridgehead atoms. The van der Waals surface area contributed by atoms with Crippen LogP contribution in [0, 0.1) is 6.92 Å². The predicted molar refractivity (Wildman–Crippen MR) is 96.5 cm³/mol. The Hall–Kier alpha value is -1.66. The number of esters is 1. The Labute approximate surface area is 148 Å². The van der Waals surface area contributed by atoms with E-state index in [9.17, 15) is 9.59 Å². The number of benzene rings is 1. The van der Waals surface area contributed by atoms with Gasteiger partial charge in [0.15, 0.2) is 0 Å². The van der Waals surface area contributed by atoms with E-state index in [1.807, 2.05) is 19.9 Å². The van der Waals surface area contributed by atoms with E-state index in [1.165, 1.54) is 11.3 Å². The van der Waals surface area contributed by atoms with E-state index in [4.69, 9.17) is 4.74 Å². The van der Waals surface area contributed by atoms with E-state index in [0.717, 1.165) is 10.4 Å². The minimum absolute atomic E-state index is 0.257. The van der Waals surface area contributed by atoms with Gasteiger partial charge in [-0.15, -0.1) is 11.3 Å². The van der Waals surface area contributed by atoms with Gasteiger partial charge in [0.25, 0.3) is 5.91 Å². The van der Waals surface area contributed by atoms with E-state index < -0.39 is 5.97 Å². The number of nitrogens with one attached hydrogen (secondary N) is 1. The van der Waals surface area contributed by atoms with Crippen LogP contribution in [0.2, 0.25) is 0 Å². The molecule has 4 nitrogen and oxygen atoms in total. The minimum atomic E-state index is -0.392. The van der Waals surface area contributed by atoms with Gasteiger partial charge in [0.1, 0.15) is 5.00 Å². The summed E-state index contributed by atoms with van der Waals surface area (Å²) < 4.78 is 5.85. The molecule has 0 saturated heterocycles. The monoisotopic (exact) mass is 395 g/mol. The Kier molecular flexibility index (Phi) is 5.96. The lowest BCUT2D eigenvalue weighted by atomic mass is 10.1. The Morgan fingerprint density at radius 1 is 1.26 bits per heavy atom. The molecule has 2 aromatic rings. The molecule has 0 atom stereocenters. The summed E-state index contributed by atoms with van der Waals surface area (Å²) in [6.45, 7) is 5.99. The zero-order valence-electron chi connectivity index (χ0n) is 13.2. The first kappa shape index (κ1) is 17.7. The van der Waals surface area contributed by atoms with Gasteiger partial charge in [-0.1, -0.05) is 19.1 Å². The maximum atomic E-state index is 12.5. The number of carbonyl (C=O) groups excluding carboxylic acids is 2.